The molecule has 0 bridgehead atoms. The molecule has 0 saturated heterocycles. The summed E-state index contributed by atoms with van der Waals surface area (Å²) in [5.74, 6) is 0.0749. The van der Waals surface area contributed by atoms with Crippen molar-refractivity contribution in [2.45, 2.75) is 19.5 Å². The Morgan fingerprint density at radius 2 is 2.19 bits per heavy atom. The molecule has 1 rings (SSSR count). The number of aromatic nitrogens is 1. The Hall–Kier alpha value is -1.13. The monoisotopic (exact) mass is 243 g/mol. The smallest absolute Gasteiger partial charge is 0.238 e. The maximum atomic E-state index is 11.5. The number of likely N-dealkylation sites (N-methyl/N-ethyl adjacent to an activating group) is 1. The third-order valence-corrected chi connectivity index (χ3v) is 2.13. The van der Waals surface area contributed by atoms with Gasteiger partial charge in [0.25, 0.3) is 0 Å². The Balaban J connectivity index is 0.00000225. The van der Waals surface area contributed by atoms with Crippen LogP contribution in [0.25, 0.3) is 0 Å². The van der Waals surface area contributed by atoms with E-state index in [4.69, 9.17) is 0 Å². The molecule has 0 spiro atoms. The lowest BCUT2D eigenvalue weighted by Crippen LogP contribution is -2.41. The summed E-state index contributed by atoms with van der Waals surface area (Å²) in [6.45, 7) is 2.47. The molecule has 1 aromatic rings. The second-order valence-electron chi connectivity index (χ2n) is 3.66. The molecule has 5 heteroatoms. The normalized spacial score (nSPS) is 11.4. The van der Waals surface area contributed by atoms with E-state index in [0.717, 1.165) is 5.69 Å². The number of hydrogen-bond donors (Lipinski definition) is 1. The standard InChI is InChI=1S/C11H17N3O.ClH/c1-9(11(15)14(2)3)13-8-10-6-4-5-7-12-10;/h4-7,9,13H,8H2,1-3H3;1H/t9-;/m1./s1. The highest BCUT2D eigenvalue weighted by molar-refractivity contribution is 5.85. The molecule has 4 nitrogen and oxygen atoms in total. The summed E-state index contributed by atoms with van der Waals surface area (Å²) in [5.41, 5.74) is 0.941. The number of carbonyl (C=O) groups is 1. The lowest BCUT2D eigenvalue weighted by Gasteiger charge is -2.17. The lowest BCUT2D eigenvalue weighted by molar-refractivity contribution is -0.130. The first-order valence-electron chi connectivity index (χ1n) is 4.95. The Morgan fingerprint density at radius 3 is 2.69 bits per heavy atom. The second kappa shape index (κ2) is 7.19. The van der Waals surface area contributed by atoms with Gasteiger partial charge < -0.3 is 10.2 Å². The molecule has 1 heterocycles. The van der Waals surface area contributed by atoms with E-state index in [9.17, 15) is 4.79 Å². The van der Waals surface area contributed by atoms with E-state index in [1.165, 1.54) is 0 Å². The van der Waals surface area contributed by atoms with Crippen molar-refractivity contribution in [2.75, 3.05) is 14.1 Å². The van der Waals surface area contributed by atoms with Gasteiger partial charge >= 0.3 is 0 Å². The molecule has 1 amide bonds. The number of nitrogens with zero attached hydrogens (tertiary/aromatic N) is 2. The minimum absolute atomic E-state index is 0. The van der Waals surface area contributed by atoms with Gasteiger partial charge in [0.1, 0.15) is 0 Å². The minimum atomic E-state index is -0.179. The highest BCUT2D eigenvalue weighted by Gasteiger charge is 2.13. The highest BCUT2D eigenvalue weighted by Crippen LogP contribution is 1.95. The molecular formula is C11H18ClN3O. The van der Waals surface area contributed by atoms with Gasteiger partial charge in [0.15, 0.2) is 0 Å². The third kappa shape index (κ3) is 4.59. The summed E-state index contributed by atoms with van der Waals surface area (Å²) in [5, 5.41) is 3.13. The molecule has 1 aromatic heterocycles. The van der Waals surface area contributed by atoms with Gasteiger partial charge in [0, 0.05) is 26.8 Å². The average Bonchev–Trinajstić information content (AvgIpc) is 2.26. The van der Waals surface area contributed by atoms with Crippen LogP contribution in [0.1, 0.15) is 12.6 Å². The Morgan fingerprint density at radius 1 is 1.50 bits per heavy atom. The van der Waals surface area contributed by atoms with Crippen molar-refractivity contribution in [3.8, 4) is 0 Å². The molecule has 0 unspecified atom stereocenters. The fraction of sp³-hybridized carbons (Fsp3) is 0.455. The van der Waals surface area contributed by atoms with Crippen molar-refractivity contribution in [1.82, 2.24) is 15.2 Å². The maximum absolute atomic E-state index is 11.5. The number of nitrogens with one attached hydrogen (secondary N) is 1. The van der Waals surface area contributed by atoms with E-state index in [-0.39, 0.29) is 24.4 Å². The van der Waals surface area contributed by atoms with Crippen LogP contribution in [0, 0.1) is 0 Å². The maximum Gasteiger partial charge on any atom is 0.238 e. The number of pyridine rings is 1. The molecule has 0 fully saturated rings. The van der Waals surface area contributed by atoms with Gasteiger partial charge in [0.05, 0.1) is 11.7 Å². The molecule has 16 heavy (non-hydrogen) atoms. The van der Waals surface area contributed by atoms with Gasteiger partial charge in [-0.1, -0.05) is 6.07 Å². The van der Waals surface area contributed by atoms with Crippen molar-refractivity contribution in [2.24, 2.45) is 0 Å². The molecule has 0 aromatic carbocycles. The molecule has 90 valence electrons. The van der Waals surface area contributed by atoms with Gasteiger partial charge in [-0.25, -0.2) is 0 Å². The average molecular weight is 244 g/mol. The predicted molar refractivity (Wildman–Crippen MR) is 66.5 cm³/mol. The molecular weight excluding hydrogens is 226 g/mol. The fourth-order valence-corrected chi connectivity index (χ4v) is 1.23. The Kier molecular flexibility index (Phi) is 6.69. The first kappa shape index (κ1) is 14.9. The minimum Gasteiger partial charge on any atom is -0.347 e. The van der Waals surface area contributed by atoms with Crippen molar-refractivity contribution in [3.05, 3.63) is 30.1 Å². The van der Waals surface area contributed by atoms with Crippen molar-refractivity contribution < 1.29 is 4.79 Å². The third-order valence-electron chi connectivity index (χ3n) is 2.13. The van der Waals surface area contributed by atoms with Crippen LogP contribution in [0.2, 0.25) is 0 Å². The molecule has 0 aliphatic heterocycles. The molecule has 1 atom stereocenters. The fourth-order valence-electron chi connectivity index (χ4n) is 1.23. The van der Waals surface area contributed by atoms with Crippen molar-refractivity contribution in [1.29, 1.82) is 0 Å². The number of halogens is 1. The molecule has 0 saturated carbocycles. The zero-order chi connectivity index (χ0) is 11.3. The zero-order valence-electron chi connectivity index (χ0n) is 9.80. The van der Waals surface area contributed by atoms with Crippen LogP contribution in [-0.4, -0.2) is 35.9 Å². The number of hydrogen-bond acceptors (Lipinski definition) is 3. The van der Waals surface area contributed by atoms with Gasteiger partial charge in [-0.15, -0.1) is 12.4 Å². The van der Waals surface area contributed by atoms with Gasteiger partial charge in [0.2, 0.25) is 5.91 Å². The molecule has 0 aliphatic rings. The summed E-state index contributed by atoms with van der Waals surface area (Å²) in [4.78, 5) is 17.3. The topological polar surface area (TPSA) is 45.2 Å². The molecule has 0 aliphatic carbocycles. The van der Waals surface area contributed by atoms with E-state index in [1.807, 2.05) is 25.1 Å². The number of rotatable bonds is 4. The quantitative estimate of drug-likeness (QED) is 0.861. The molecule has 0 radical (unpaired) electrons. The first-order chi connectivity index (χ1) is 7.11. The van der Waals surface area contributed by atoms with Crippen LogP contribution in [0.15, 0.2) is 24.4 Å². The van der Waals surface area contributed by atoms with Crippen LogP contribution in [0.4, 0.5) is 0 Å². The van der Waals surface area contributed by atoms with E-state index >= 15 is 0 Å². The number of amides is 1. The highest BCUT2D eigenvalue weighted by atomic mass is 35.5. The summed E-state index contributed by atoms with van der Waals surface area (Å²) >= 11 is 0. The van der Waals surface area contributed by atoms with Gasteiger partial charge in [-0.3, -0.25) is 9.78 Å². The van der Waals surface area contributed by atoms with Crippen LogP contribution in [-0.2, 0) is 11.3 Å². The van der Waals surface area contributed by atoms with E-state index in [1.54, 1.807) is 25.2 Å². The van der Waals surface area contributed by atoms with Crippen molar-refractivity contribution in [3.63, 3.8) is 0 Å². The summed E-state index contributed by atoms with van der Waals surface area (Å²) in [7, 11) is 3.50. The van der Waals surface area contributed by atoms with Crippen LogP contribution >= 0.6 is 12.4 Å². The summed E-state index contributed by atoms with van der Waals surface area (Å²) < 4.78 is 0. The number of carbonyl (C=O) groups excluding carboxylic acids is 1. The summed E-state index contributed by atoms with van der Waals surface area (Å²) in [6.07, 6.45) is 1.75. The second-order valence-corrected chi connectivity index (χ2v) is 3.66. The predicted octanol–water partition coefficient (Wildman–Crippen LogP) is 1.07. The lowest BCUT2D eigenvalue weighted by atomic mass is 10.3. The van der Waals surface area contributed by atoms with Crippen LogP contribution < -0.4 is 5.32 Å². The summed E-state index contributed by atoms with van der Waals surface area (Å²) in [6, 6.07) is 5.56. The molecule has 1 N–H and O–H groups in total. The van der Waals surface area contributed by atoms with Gasteiger partial charge in [-0.05, 0) is 19.1 Å². The SMILES string of the molecule is C[C@@H](NCc1ccccn1)C(=O)N(C)C.Cl. The van der Waals surface area contributed by atoms with Crippen molar-refractivity contribution >= 4 is 18.3 Å². The van der Waals surface area contributed by atoms with E-state index < -0.39 is 0 Å². The first-order valence-corrected chi connectivity index (χ1v) is 4.95. The van der Waals surface area contributed by atoms with Crippen LogP contribution in [0.3, 0.4) is 0 Å². The van der Waals surface area contributed by atoms with Crippen LogP contribution in [0.5, 0.6) is 0 Å². The van der Waals surface area contributed by atoms with E-state index in [2.05, 4.69) is 10.3 Å². The van der Waals surface area contributed by atoms with E-state index in [0.29, 0.717) is 6.54 Å². The largest absolute Gasteiger partial charge is 0.347 e. The Labute approximate surface area is 102 Å². The Bertz CT molecular complexity index is 316. The van der Waals surface area contributed by atoms with Gasteiger partial charge in [-0.2, -0.15) is 0 Å². The zero-order valence-corrected chi connectivity index (χ0v) is 10.6.